The van der Waals surface area contributed by atoms with Crippen LogP contribution in [0.3, 0.4) is 0 Å². The van der Waals surface area contributed by atoms with Gasteiger partial charge in [-0.05, 0) is 61.1 Å². The minimum atomic E-state index is -0.264. The number of amides is 1. The third kappa shape index (κ3) is 6.63. The lowest BCUT2D eigenvalue weighted by molar-refractivity contribution is -0.115. The number of methoxy groups -OCH3 is 1. The van der Waals surface area contributed by atoms with Crippen LogP contribution in [-0.2, 0) is 4.79 Å². The molecule has 5 nitrogen and oxygen atoms in total. The molecule has 3 aromatic carbocycles. The quantitative estimate of drug-likeness (QED) is 0.245. The number of thioether (sulfide) groups is 1. The highest BCUT2D eigenvalue weighted by atomic mass is 35.5. The number of benzene rings is 3. The standard InChI is InChI=1S/C24H24ClN3O2S2/c1-3-22(23(29)27-19-12-5-4-11-18(19)25)32-17-10-8-9-16(15-17)26-24(31)28-20-13-6-7-14-21(20)30-2/h4-15,22H,3H2,1-2H3,(H,27,29)(H2,26,28,31). The first kappa shape index (κ1) is 23.9. The van der Waals surface area contributed by atoms with E-state index in [9.17, 15) is 4.79 Å². The zero-order valence-corrected chi connectivity index (χ0v) is 20.1. The van der Waals surface area contributed by atoms with Crippen molar-refractivity contribution in [3.63, 3.8) is 0 Å². The Balaban J connectivity index is 1.63. The zero-order valence-electron chi connectivity index (χ0n) is 17.7. The molecule has 0 spiro atoms. The molecule has 0 fully saturated rings. The number of halogens is 1. The van der Waals surface area contributed by atoms with Gasteiger partial charge in [-0.15, -0.1) is 11.8 Å². The molecule has 166 valence electrons. The summed E-state index contributed by atoms with van der Waals surface area (Å²) in [5, 5.41) is 9.94. The summed E-state index contributed by atoms with van der Waals surface area (Å²) in [6.07, 6.45) is 0.673. The second-order valence-electron chi connectivity index (χ2n) is 6.79. The fourth-order valence-corrected chi connectivity index (χ4v) is 4.37. The first-order chi connectivity index (χ1) is 15.5. The fourth-order valence-electron chi connectivity index (χ4n) is 2.94. The first-order valence-corrected chi connectivity index (χ1v) is 11.7. The van der Waals surface area contributed by atoms with Gasteiger partial charge < -0.3 is 20.7 Å². The summed E-state index contributed by atoms with van der Waals surface area (Å²) >= 11 is 13.1. The summed E-state index contributed by atoms with van der Waals surface area (Å²) in [6.45, 7) is 1.98. The third-order valence-corrected chi connectivity index (χ3v) is 6.41. The van der Waals surface area contributed by atoms with E-state index in [1.165, 1.54) is 11.8 Å². The number of rotatable bonds is 8. The van der Waals surface area contributed by atoms with Crippen molar-refractivity contribution in [1.29, 1.82) is 0 Å². The molecule has 0 saturated heterocycles. The van der Waals surface area contributed by atoms with Gasteiger partial charge in [-0.2, -0.15) is 0 Å². The summed E-state index contributed by atoms with van der Waals surface area (Å²) in [4.78, 5) is 13.7. The highest BCUT2D eigenvalue weighted by molar-refractivity contribution is 8.00. The number of hydrogen-bond donors (Lipinski definition) is 3. The van der Waals surface area contributed by atoms with E-state index in [1.54, 1.807) is 19.2 Å². The van der Waals surface area contributed by atoms with Crippen LogP contribution in [0.5, 0.6) is 5.75 Å². The SMILES string of the molecule is CCC(Sc1cccc(NC(=S)Nc2ccccc2OC)c1)C(=O)Nc1ccccc1Cl. The van der Waals surface area contributed by atoms with Crippen LogP contribution in [0.4, 0.5) is 17.1 Å². The van der Waals surface area contributed by atoms with Crippen LogP contribution in [0.1, 0.15) is 13.3 Å². The summed E-state index contributed by atoms with van der Waals surface area (Å²) in [6, 6.07) is 22.5. The minimum Gasteiger partial charge on any atom is -0.495 e. The predicted molar refractivity (Wildman–Crippen MR) is 139 cm³/mol. The number of anilines is 3. The van der Waals surface area contributed by atoms with Gasteiger partial charge in [-0.25, -0.2) is 0 Å². The summed E-state index contributed by atoms with van der Waals surface area (Å²) in [5.74, 6) is 0.619. The first-order valence-electron chi connectivity index (χ1n) is 10.0. The third-order valence-electron chi connectivity index (χ3n) is 4.52. The van der Waals surface area contributed by atoms with Gasteiger partial charge in [0.25, 0.3) is 0 Å². The topological polar surface area (TPSA) is 62.4 Å². The van der Waals surface area contributed by atoms with Crippen LogP contribution in [0.25, 0.3) is 0 Å². The molecular weight excluding hydrogens is 462 g/mol. The Morgan fingerprint density at radius 2 is 1.72 bits per heavy atom. The van der Waals surface area contributed by atoms with Crippen molar-refractivity contribution >= 4 is 63.7 Å². The molecule has 1 amide bonds. The van der Waals surface area contributed by atoms with Crippen LogP contribution in [0.15, 0.2) is 77.7 Å². The van der Waals surface area contributed by atoms with E-state index < -0.39 is 0 Å². The van der Waals surface area contributed by atoms with Gasteiger partial charge in [0.2, 0.25) is 5.91 Å². The number of para-hydroxylation sites is 3. The Morgan fingerprint density at radius 3 is 2.44 bits per heavy atom. The normalized spacial score (nSPS) is 11.3. The molecule has 1 atom stereocenters. The molecule has 0 heterocycles. The van der Waals surface area contributed by atoms with Crippen molar-refractivity contribution in [2.45, 2.75) is 23.5 Å². The zero-order chi connectivity index (χ0) is 22.9. The van der Waals surface area contributed by atoms with Gasteiger partial charge in [0, 0.05) is 10.6 Å². The lowest BCUT2D eigenvalue weighted by Gasteiger charge is -2.17. The van der Waals surface area contributed by atoms with Gasteiger partial charge in [0.05, 0.1) is 28.8 Å². The average Bonchev–Trinajstić information content (AvgIpc) is 2.79. The summed E-state index contributed by atoms with van der Waals surface area (Å²) in [7, 11) is 1.61. The number of thiocarbonyl (C=S) groups is 1. The predicted octanol–water partition coefficient (Wildman–Crippen LogP) is 6.67. The average molecular weight is 486 g/mol. The van der Waals surface area contributed by atoms with E-state index in [0.717, 1.165) is 16.3 Å². The van der Waals surface area contributed by atoms with Gasteiger partial charge in [0.1, 0.15) is 5.75 Å². The van der Waals surface area contributed by atoms with Gasteiger partial charge in [0.15, 0.2) is 5.11 Å². The molecule has 32 heavy (non-hydrogen) atoms. The maximum Gasteiger partial charge on any atom is 0.237 e. The Bertz CT molecular complexity index is 1090. The molecule has 3 N–H and O–H groups in total. The molecular formula is C24H24ClN3O2S2. The Labute approximate surface area is 202 Å². The largest absolute Gasteiger partial charge is 0.495 e. The molecule has 3 rings (SSSR count). The maximum absolute atomic E-state index is 12.8. The van der Waals surface area contributed by atoms with Crippen molar-refractivity contribution in [3.05, 3.63) is 77.8 Å². The van der Waals surface area contributed by atoms with E-state index in [-0.39, 0.29) is 11.2 Å². The lowest BCUT2D eigenvalue weighted by atomic mass is 10.2. The van der Waals surface area contributed by atoms with Crippen molar-refractivity contribution in [1.82, 2.24) is 0 Å². The van der Waals surface area contributed by atoms with Gasteiger partial charge >= 0.3 is 0 Å². The maximum atomic E-state index is 12.8. The van der Waals surface area contributed by atoms with Crippen LogP contribution in [0.2, 0.25) is 5.02 Å². The second-order valence-corrected chi connectivity index (χ2v) is 8.88. The van der Waals surface area contributed by atoms with Crippen LogP contribution >= 0.6 is 35.6 Å². The highest BCUT2D eigenvalue weighted by Gasteiger charge is 2.19. The van der Waals surface area contributed by atoms with Crippen molar-refractivity contribution < 1.29 is 9.53 Å². The van der Waals surface area contributed by atoms with E-state index in [1.807, 2.05) is 67.6 Å². The van der Waals surface area contributed by atoms with Crippen molar-refractivity contribution in [2.24, 2.45) is 0 Å². The van der Waals surface area contributed by atoms with Crippen molar-refractivity contribution in [3.8, 4) is 5.75 Å². The van der Waals surface area contributed by atoms with E-state index >= 15 is 0 Å². The number of carbonyl (C=O) groups is 1. The smallest absolute Gasteiger partial charge is 0.237 e. The van der Waals surface area contributed by atoms with Crippen LogP contribution in [0, 0.1) is 0 Å². The molecule has 0 aliphatic heterocycles. The fraction of sp³-hybridized carbons (Fsp3) is 0.167. The molecule has 0 bridgehead atoms. The highest BCUT2D eigenvalue weighted by Crippen LogP contribution is 2.30. The van der Waals surface area contributed by atoms with Gasteiger partial charge in [-0.1, -0.05) is 48.9 Å². The molecule has 0 aliphatic rings. The number of ether oxygens (including phenoxy) is 1. The monoisotopic (exact) mass is 485 g/mol. The molecule has 1 unspecified atom stereocenters. The Morgan fingerprint density at radius 1 is 1.00 bits per heavy atom. The molecule has 3 aromatic rings. The van der Waals surface area contributed by atoms with Crippen LogP contribution < -0.4 is 20.7 Å². The summed E-state index contributed by atoms with van der Waals surface area (Å²) < 4.78 is 5.34. The van der Waals surface area contributed by atoms with Crippen LogP contribution in [-0.4, -0.2) is 23.4 Å². The Kier molecular flexibility index (Phi) is 8.79. The molecule has 8 heteroatoms. The second kappa shape index (κ2) is 11.8. The van der Waals surface area contributed by atoms with E-state index in [2.05, 4.69) is 16.0 Å². The van der Waals surface area contributed by atoms with Crippen molar-refractivity contribution in [2.75, 3.05) is 23.1 Å². The Hall–Kier alpha value is -2.74. The minimum absolute atomic E-state index is 0.0858. The number of hydrogen-bond acceptors (Lipinski definition) is 4. The van der Waals surface area contributed by atoms with Gasteiger partial charge in [-0.3, -0.25) is 4.79 Å². The molecule has 0 radical (unpaired) electrons. The lowest BCUT2D eigenvalue weighted by Crippen LogP contribution is -2.24. The number of carbonyl (C=O) groups excluding carboxylic acids is 1. The van der Waals surface area contributed by atoms with E-state index in [4.69, 9.17) is 28.6 Å². The molecule has 0 saturated carbocycles. The molecule has 0 aromatic heterocycles. The number of nitrogens with one attached hydrogen (secondary N) is 3. The van der Waals surface area contributed by atoms with E-state index in [0.29, 0.717) is 28.0 Å². The summed E-state index contributed by atoms with van der Waals surface area (Å²) in [5.41, 5.74) is 2.21. The molecule has 0 aliphatic carbocycles.